The Morgan fingerprint density at radius 2 is 2.11 bits per heavy atom. The fraction of sp³-hybridized carbons (Fsp3) is 0.0556. The van der Waals surface area contributed by atoms with Gasteiger partial charge in [-0.25, -0.2) is 13.1 Å². The lowest BCUT2D eigenvalue weighted by Crippen LogP contribution is -2.14. The average Bonchev–Trinajstić information content (AvgIpc) is 3.34. The zero-order valence-corrected chi connectivity index (χ0v) is 15.0. The molecule has 0 saturated heterocycles. The van der Waals surface area contributed by atoms with E-state index in [9.17, 15) is 13.7 Å². The van der Waals surface area contributed by atoms with Crippen molar-refractivity contribution in [3.63, 3.8) is 0 Å². The molecule has 0 amide bonds. The predicted octanol–water partition coefficient (Wildman–Crippen LogP) is 2.73. The highest BCUT2D eigenvalue weighted by Crippen LogP contribution is 2.30. The van der Waals surface area contributed by atoms with Gasteiger partial charge in [0.2, 0.25) is 0 Å². The molecule has 0 aliphatic heterocycles. The van der Waals surface area contributed by atoms with Gasteiger partial charge in [0.05, 0.1) is 39.7 Å². The molecule has 8 nitrogen and oxygen atoms in total. The fourth-order valence-corrected chi connectivity index (χ4v) is 4.05. The van der Waals surface area contributed by atoms with E-state index in [4.69, 9.17) is 0 Å². The predicted molar refractivity (Wildman–Crippen MR) is 99.9 cm³/mol. The molecule has 2 aromatic heterocycles. The van der Waals surface area contributed by atoms with Crippen LogP contribution in [0.25, 0.3) is 16.6 Å². The van der Waals surface area contributed by atoms with E-state index in [1.54, 1.807) is 36.7 Å². The summed E-state index contributed by atoms with van der Waals surface area (Å²) in [4.78, 5) is 3.08. The highest BCUT2D eigenvalue weighted by atomic mass is 32.2. The van der Waals surface area contributed by atoms with Crippen molar-refractivity contribution >= 4 is 26.6 Å². The third kappa shape index (κ3) is 2.92. The van der Waals surface area contributed by atoms with Gasteiger partial charge in [-0.05, 0) is 36.8 Å². The number of aromatic amines is 1. The van der Waals surface area contributed by atoms with Gasteiger partial charge in [0.15, 0.2) is 0 Å². The number of H-pyrrole nitrogens is 1. The summed E-state index contributed by atoms with van der Waals surface area (Å²) >= 11 is 0. The van der Waals surface area contributed by atoms with Crippen molar-refractivity contribution in [2.75, 3.05) is 4.72 Å². The maximum Gasteiger partial charge on any atom is 0.262 e. The van der Waals surface area contributed by atoms with E-state index in [0.717, 1.165) is 5.56 Å². The van der Waals surface area contributed by atoms with Crippen LogP contribution in [0.5, 0.6) is 0 Å². The molecule has 2 N–H and O–H groups in total. The third-order valence-electron chi connectivity index (χ3n) is 4.22. The van der Waals surface area contributed by atoms with Gasteiger partial charge in [-0.2, -0.15) is 5.26 Å². The minimum absolute atomic E-state index is 0.0938. The molecule has 0 bridgehead atoms. The molecule has 0 unspecified atom stereocenters. The Labute approximate surface area is 155 Å². The summed E-state index contributed by atoms with van der Waals surface area (Å²) in [6.07, 6.45) is 4.71. The standard InChI is InChI=1S/C18H14N6O2S/c1-12-5-6-16(18-17(12)13(10-19)11-20-18)22-27(25,26)15-4-2-3-14(9-15)24-8-7-21-23-24/h2-9,11,20,22H,1H3. The number of hydrogen-bond donors (Lipinski definition) is 2. The van der Waals surface area contributed by atoms with Crippen LogP contribution in [0.2, 0.25) is 0 Å². The quantitative estimate of drug-likeness (QED) is 0.566. The van der Waals surface area contributed by atoms with Gasteiger partial charge < -0.3 is 4.98 Å². The normalized spacial score (nSPS) is 11.4. The number of fused-ring (bicyclic) bond motifs is 1. The number of sulfonamides is 1. The topological polar surface area (TPSA) is 116 Å². The first kappa shape index (κ1) is 16.8. The van der Waals surface area contributed by atoms with Crippen molar-refractivity contribution < 1.29 is 8.42 Å². The molecule has 4 aromatic rings. The summed E-state index contributed by atoms with van der Waals surface area (Å²) in [5.41, 5.74) is 2.89. The number of nitriles is 1. The lowest BCUT2D eigenvalue weighted by molar-refractivity contribution is 0.601. The number of anilines is 1. The van der Waals surface area contributed by atoms with Crippen LogP contribution in [0, 0.1) is 18.3 Å². The van der Waals surface area contributed by atoms with Gasteiger partial charge in [-0.15, -0.1) is 5.10 Å². The second kappa shape index (κ2) is 6.26. The largest absolute Gasteiger partial charge is 0.358 e. The van der Waals surface area contributed by atoms with Crippen molar-refractivity contribution in [1.29, 1.82) is 5.26 Å². The Hall–Kier alpha value is -3.64. The molecule has 0 fully saturated rings. The van der Waals surface area contributed by atoms with Crippen LogP contribution in [0.1, 0.15) is 11.1 Å². The van der Waals surface area contributed by atoms with Crippen molar-refractivity contribution in [3.8, 4) is 11.8 Å². The molecule has 0 radical (unpaired) electrons. The smallest absolute Gasteiger partial charge is 0.262 e. The Morgan fingerprint density at radius 3 is 2.85 bits per heavy atom. The van der Waals surface area contributed by atoms with Crippen molar-refractivity contribution in [3.05, 3.63) is 66.1 Å². The monoisotopic (exact) mass is 378 g/mol. The molecule has 2 heterocycles. The summed E-state index contributed by atoms with van der Waals surface area (Å²) in [5, 5.41) is 17.6. The zero-order valence-electron chi connectivity index (χ0n) is 14.2. The number of nitrogens with zero attached hydrogens (tertiary/aromatic N) is 4. The summed E-state index contributed by atoms with van der Waals surface area (Å²) < 4.78 is 29.9. The summed E-state index contributed by atoms with van der Waals surface area (Å²) in [5.74, 6) is 0. The Kier molecular flexibility index (Phi) is 3.90. The molecule has 0 saturated carbocycles. The van der Waals surface area contributed by atoms with Crippen LogP contribution >= 0.6 is 0 Å². The minimum Gasteiger partial charge on any atom is -0.358 e. The third-order valence-corrected chi connectivity index (χ3v) is 5.59. The van der Waals surface area contributed by atoms with Gasteiger partial charge in [0.1, 0.15) is 6.07 Å². The second-order valence-corrected chi connectivity index (χ2v) is 7.63. The van der Waals surface area contributed by atoms with Gasteiger partial charge in [-0.3, -0.25) is 4.72 Å². The molecular formula is C18H14N6O2S. The van der Waals surface area contributed by atoms with Gasteiger partial charge in [-0.1, -0.05) is 17.3 Å². The van der Waals surface area contributed by atoms with E-state index in [1.807, 2.05) is 6.92 Å². The van der Waals surface area contributed by atoms with Crippen molar-refractivity contribution in [1.82, 2.24) is 20.0 Å². The van der Waals surface area contributed by atoms with Gasteiger partial charge in [0, 0.05) is 11.6 Å². The molecule has 0 aliphatic rings. The Balaban J connectivity index is 1.76. The second-order valence-electron chi connectivity index (χ2n) is 5.94. The van der Waals surface area contributed by atoms with Crippen LogP contribution < -0.4 is 4.72 Å². The zero-order chi connectivity index (χ0) is 19.0. The van der Waals surface area contributed by atoms with Crippen LogP contribution in [0.3, 0.4) is 0 Å². The molecule has 4 rings (SSSR count). The lowest BCUT2D eigenvalue weighted by Gasteiger charge is -2.11. The number of aryl methyl sites for hydroxylation is 1. The summed E-state index contributed by atoms with van der Waals surface area (Å²) in [7, 11) is -3.84. The number of hydrogen-bond acceptors (Lipinski definition) is 5. The highest BCUT2D eigenvalue weighted by molar-refractivity contribution is 7.92. The van der Waals surface area contributed by atoms with Crippen molar-refractivity contribution in [2.45, 2.75) is 11.8 Å². The van der Waals surface area contributed by atoms with Gasteiger partial charge >= 0.3 is 0 Å². The molecule has 0 aliphatic carbocycles. The van der Waals surface area contributed by atoms with Gasteiger partial charge in [0.25, 0.3) is 10.0 Å². The molecule has 0 atom stereocenters. The van der Waals surface area contributed by atoms with Crippen LogP contribution in [-0.2, 0) is 10.0 Å². The molecule has 2 aromatic carbocycles. The summed E-state index contributed by atoms with van der Waals surface area (Å²) in [6.45, 7) is 1.87. The SMILES string of the molecule is Cc1ccc(NS(=O)(=O)c2cccc(-n3ccnn3)c2)c2[nH]cc(C#N)c12. The Morgan fingerprint density at radius 1 is 1.26 bits per heavy atom. The first-order valence-electron chi connectivity index (χ1n) is 8.00. The van der Waals surface area contributed by atoms with E-state index in [-0.39, 0.29) is 4.90 Å². The molecule has 134 valence electrons. The average molecular weight is 378 g/mol. The van der Waals surface area contributed by atoms with E-state index in [1.165, 1.54) is 23.0 Å². The highest BCUT2D eigenvalue weighted by Gasteiger charge is 2.18. The first-order chi connectivity index (χ1) is 13.0. The number of benzene rings is 2. The fourth-order valence-electron chi connectivity index (χ4n) is 2.94. The summed E-state index contributed by atoms with van der Waals surface area (Å²) in [6, 6.07) is 12.0. The van der Waals surface area contributed by atoms with Crippen molar-refractivity contribution in [2.24, 2.45) is 0 Å². The van der Waals surface area contributed by atoms with E-state index in [0.29, 0.717) is 27.8 Å². The van der Waals surface area contributed by atoms with Crippen LogP contribution in [0.4, 0.5) is 5.69 Å². The van der Waals surface area contributed by atoms with E-state index < -0.39 is 10.0 Å². The molecule has 27 heavy (non-hydrogen) atoms. The molecule has 0 spiro atoms. The van der Waals surface area contributed by atoms with E-state index >= 15 is 0 Å². The number of rotatable bonds is 4. The lowest BCUT2D eigenvalue weighted by atomic mass is 10.1. The first-order valence-corrected chi connectivity index (χ1v) is 9.48. The van der Waals surface area contributed by atoms with E-state index in [2.05, 4.69) is 26.1 Å². The molecular weight excluding hydrogens is 364 g/mol. The maximum absolute atomic E-state index is 12.9. The van der Waals surface area contributed by atoms with Crippen LogP contribution in [0.15, 0.2) is 59.9 Å². The Bertz CT molecular complexity index is 1280. The minimum atomic E-state index is -3.84. The van der Waals surface area contributed by atoms with Crippen LogP contribution in [-0.4, -0.2) is 28.4 Å². The maximum atomic E-state index is 12.9. The molecule has 9 heteroatoms. The number of aromatic nitrogens is 4. The number of nitrogens with one attached hydrogen (secondary N) is 2.